The zero-order chi connectivity index (χ0) is 19.7. The molecule has 0 bridgehead atoms. The van der Waals surface area contributed by atoms with Gasteiger partial charge in [0.1, 0.15) is 11.5 Å². The Kier molecular flexibility index (Phi) is 6.07. The minimum Gasteiger partial charge on any atom is -0.456 e. The minimum atomic E-state index is -0.494. The number of rotatable bonds is 3. The SMILES string of the molecule is Br.O=C1c2ccccc2Oc2ccccc2C12CCN(CCc1ccccc1)CC2. The van der Waals surface area contributed by atoms with Gasteiger partial charge in [-0.1, -0.05) is 60.7 Å². The van der Waals surface area contributed by atoms with Crippen molar-refractivity contribution in [1.29, 1.82) is 0 Å². The predicted molar refractivity (Wildman–Crippen MR) is 125 cm³/mol. The first-order valence-corrected chi connectivity index (χ1v) is 10.4. The number of fused-ring (bicyclic) bond motifs is 3. The lowest BCUT2D eigenvalue weighted by atomic mass is 9.68. The Morgan fingerprint density at radius 3 is 2.20 bits per heavy atom. The van der Waals surface area contributed by atoms with Gasteiger partial charge in [0.05, 0.1) is 11.0 Å². The molecule has 0 N–H and O–H groups in total. The van der Waals surface area contributed by atoms with E-state index in [-0.39, 0.29) is 22.8 Å². The van der Waals surface area contributed by atoms with Crippen LogP contribution < -0.4 is 4.74 Å². The number of likely N-dealkylation sites (tertiary alicyclic amines) is 1. The molecule has 0 amide bonds. The molecule has 1 fully saturated rings. The van der Waals surface area contributed by atoms with Crippen LogP contribution in [0.15, 0.2) is 78.9 Å². The molecular formula is C26H26BrNO2. The quantitative estimate of drug-likeness (QED) is 0.489. The lowest BCUT2D eigenvalue weighted by molar-refractivity contribution is 0.0774. The molecule has 1 saturated heterocycles. The Hall–Kier alpha value is -2.43. The second-order valence-corrected chi connectivity index (χ2v) is 8.08. The van der Waals surface area contributed by atoms with Gasteiger partial charge in [0.2, 0.25) is 0 Å². The van der Waals surface area contributed by atoms with Crippen LogP contribution in [0.4, 0.5) is 0 Å². The van der Waals surface area contributed by atoms with Crippen molar-refractivity contribution < 1.29 is 9.53 Å². The zero-order valence-electron chi connectivity index (χ0n) is 16.9. The standard InChI is InChI=1S/C26H25NO2.BrH/c28-25-21-10-4-6-12-23(21)29-24-13-7-5-11-22(24)26(25)15-18-27(19-16-26)17-14-20-8-2-1-3-9-20;/h1-13H,14-19H2;1H. The summed E-state index contributed by atoms with van der Waals surface area (Å²) in [4.78, 5) is 16.3. The Morgan fingerprint density at radius 2 is 1.43 bits per heavy atom. The Balaban J connectivity index is 0.00000218. The van der Waals surface area contributed by atoms with Crippen LogP contribution in [0.25, 0.3) is 0 Å². The molecule has 1 spiro atoms. The summed E-state index contributed by atoms with van der Waals surface area (Å²) in [7, 11) is 0. The van der Waals surface area contributed by atoms with Gasteiger partial charge in [-0.05, 0) is 56.1 Å². The topological polar surface area (TPSA) is 29.5 Å². The predicted octanol–water partition coefficient (Wildman–Crippen LogP) is 5.83. The molecule has 5 rings (SSSR count). The monoisotopic (exact) mass is 463 g/mol. The summed E-state index contributed by atoms with van der Waals surface area (Å²) in [5.74, 6) is 1.71. The molecule has 2 aliphatic rings. The number of nitrogens with zero attached hydrogens (tertiary/aromatic N) is 1. The summed E-state index contributed by atoms with van der Waals surface area (Å²) in [6, 6.07) is 26.4. The van der Waals surface area contributed by atoms with E-state index >= 15 is 0 Å². The summed E-state index contributed by atoms with van der Waals surface area (Å²) in [6.07, 6.45) is 2.70. The van der Waals surface area contributed by atoms with Gasteiger partial charge in [0.15, 0.2) is 5.78 Å². The second kappa shape index (κ2) is 8.75. The summed E-state index contributed by atoms with van der Waals surface area (Å²) in [6.45, 7) is 2.88. The highest BCUT2D eigenvalue weighted by atomic mass is 79.9. The van der Waals surface area contributed by atoms with E-state index in [9.17, 15) is 4.79 Å². The fourth-order valence-corrected chi connectivity index (χ4v) is 4.78. The molecule has 2 heterocycles. The molecule has 3 aromatic carbocycles. The second-order valence-electron chi connectivity index (χ2n) is 8.08. The number of hydrogen-bond acceptors (Lipinski definition) is 3. The van der Waals surface area contributed by atoms with Gasteiger partial charge < -0.3 is 9.64 Å². The molecule has 3 nitrogen and oxygen atoms in total. The number of carbonyl (C=O) groups is 1. The third-order valence-corrected chi connectivity index (χ3v) is 6.46. The normalized spacial score (nSPS) is 17.3. The van der Waals surface area contributed by atoms with Crippen molar-refractivity contribution in [3.63, 3.8) is 0 Å². The van der Waals surface area contributed by atoms with Crippen molar-refractivity contribution in [3.8, 4) is 11.5 Å². The maximum Gasteiger partial charge on any atom is 0.177 e. The number of ether oxygens (including phenoxy) is 1. The maximum atomic E-state index is 13.8. The highest BCUT2D eigenvalue weighted by molar-refractivity contribution is 8.93. The molecule has 0 atom stereocenters. The van der Waals surface area contributed by atoms with E-state index in [4.69, 9.17) is 4.74 Å². The Labute approximate surface area is 188 Å². The molecular weight excluding hydrogens is 438 g/mol. The molecule has 30 heavy (non-hydrogen) atoms. The Morgan fingerprint density at radius 1 is 0.800 bits per heavy atom. The van der Waals surface area contributed by atoms with E-state index in [1.165, 1.54) is 5.56 Å². The van der Waals surface area contributed by atoms with Crippen LogP contribution in [0, 0.1) is 0 Å². The lowest BCUT2D eigenvalue weighted by Gasteiger charge is -2.40. The molecule has 3 aromatic rings. The summed E-state index contributed by atoms with van der Waals surface area (Å²) in [5.41, 5.74) is 2.63. The first-order chi connectivity index (χ1) is 14.3. The number of ketones is 1. The molecule has 0 saturated carbocycles. The van der Waals surface area contributed by atoms with Crippen LogP contribution in [-0.4, -0.2) is 30.3 Å². The van der Waals surface area contributed by atoms with E-state index < -0.39 is 5.41 Å². The number of carbonyl (C=O) groups excluding carboxylic acids is 1. The van der Waals surface area contributed by atoms with E-state index in [0.717, 1.165) is 50.2 Å². The molecule has 0 aromatic heterocycles. The number of Topliss-reactive ketones (excluding diaryl/α,β-unsaturated/α-hetero) is 1. The molecule has 4 heteroatoms. The van der Waals surface area contributed by atoms with E-state index in [1.54, 1.807) is 0 Å². The van der Waals surface area contributed by atoms with E-state index in [0.29, 0.717) is 11.3 Å². The van der Waals surface area contributed by atoms with Gasteiger partial charge in [-0.15, -0.1) is 17.0 Å². The van der Waals surface area contributed by atoms with E-state index in [1.807, 2.05) is 42.5 Å². The summed E-state index contributed by atoms with van der Waals surface area (Å²) >= 11 is 0. The number of piperidine rings is 1. The number of benzene rings is 3. The van der Waals surface area contributed by atoms with Crippen LogP contribution in [0.5, 0.6) is 11.5 Å². The van der Waals surface area contributed by atoms with Crippen LogP contribution >= 0.6 is 17.0 Å². The van der Waals surface area contributed by atoms with Crippen LogP contribution in [0.3, 0.4) is 0 Å². The van der Waals surface area contributed by atoms with Crippen LogP contribution in [-0.2, 0) is 11.8 Å². The van der Waals surface area contributed by atoms with Crippen molar-refractivity contribution in [2.75, 3.05) is 19.6 Å². The van der Waals surface area contributed by atoms with Gasteiger partial charge in [-0.2, -0.15) is 0 Å². The first-order valence-electron chi connectivity index (χ1n) is 10.4. The van der Waals surface area contributed by atoms with Crippen molar-refractivity contribution in [2.45, 2.75) is 24.7 Å². The van der Waals surface area contributed by atoms with Gasteiger partial charge >= 0.3 is 0 Å². The Bertz CT molecular complexity index is 1030. The van der Waals surface area contributed by atoms with Crippen molar-refractivity contribution in [1.82, 2.24) is 4.90 Å². The third-order valence-electron chi connectivity index (χ3n) is 6.46. The number of para-hydroxylation sites is 2. The third kappa shape index (κ3) is 3.70. The van der Waals surface area contributed by atoms with Crippen molar-refractivity contribution in [3.05, 3.63) is 95.6 Å². The van der Waals surface area contributed by atoms with Crippen molar-refractivity contribution >= 4 is 22.8 Å². The highest BCUT2D eigenvalue weighted by Crippen LogP contribution is 2.47. The molecule has 0 unspecified atom stereocenters. The molecule has 154 valence electrons. The number of halogens is 1. The summed E-state index contributed by atoms with van der Waals surface area (Å²) in [5, 5.41) is 0. The average molecular weight is 464 g/mol. The lowest BCUT2D eigenvalue weighted by Crippen LogP contribution is -2.47. The fraction of sp³-hybridized carbons (Fsp3) is 0.269. The van der Waals surface area contributed by atoms with Gasteiger partial charge in [-0.25, -0.2) is 0 Å². The molecule has 0 aliphatic carbocycles. The maximum absolute atomic E-state index is 13.8. The molecule has 0 radical (unpaired) electrons. The number of hydrogen-bond donors (Lipinski definition) is 0. The van der Waals surface area contributed by atoms with E-state index in [2.05, 4.69) is 41.3 Å². The zero-order valence-corrected chi connectivity index (χ0v) is 18.6. The largest absolute Gasteiger partial charge is 0.456 e. The average Bonchev–Trinajstić information content (AvgIpc) is 2.88. The highest BCUT2D eigenvalue weighted by Gasteiger charge is 2.47. The fourth-order valence-electron chi connectivity index (χ4n) is 4.78. The minimum absolute atomic E-state index is 0. The van der Waals surface area contributed by atoms with Crippen LogP contribution in [0.1, 0.15) is 34.3 Å². The van der Waals surface area contributed by atoms with Gasteiger partial charge in [0.25, 0.3) is 0 Å². The van der Waals surface area contributed by atoms with Gasteiger partial charge in [-0.3, -0.25) is 4.79 Å². The van der Waals surface area contributed by atoms with Crippen LogP contribution in [0.2, 0.25) is 0 Å². The summed E-state index contributed by atoms with van der Waals surface area (Å²) < 4.78 is 6.20. The first kappa shape index (κ1) is 20.8. The van der Waals surface area contributed by atoms with Gasteiger partial charge in [0, 0.05) is 12.1 Å². The molecule has 2 aliphatic heterocycles. The smallest absolute Gasteiger partial charge is 0.177 e. The van der Waals surface area contributed by atoms with Crippen molar-refractivity contribution in [2.24, 2.45) is 0 Å².